The van der Waals surface area contributed by atoms with Gasteiger partial charge < -0.3 is 5.73 Å². The number of allylic oxidation sites excluding steroid dienone is 2. The van der Waals surface area contributed by atoms with Crippen molar-refractivity contribution in [2.24, 2.45) is 5.73 Å². The lowest BCUT2D eigenvalue weighted by Crippen LogP contribution is -2.35. The van der Waals surface area contributed by atoms with Crippen LogP contribution in [0.5, 0.6) is 0 Å². The zero-order valence-corrected chi connectivity index (χ0v) is 6.80. The van der Waals surface area contributed by atoms with E-state index >= 15 is 0 Å². The number of hydrogen-bond acceptors (Lipinski definition) is 1. The molecule has 0 aromatic rings. The van der Waals surface area contributed by atoms with E-state index < -0.39 is 5.54 Å². The molecule has 1 rings (SSSR count). The summed E-state index contributed by atoms with van der Waals surface area (Å²) >= 11 is 0. The van der Waals surface area contributed by atoms with Gasteiger partial charge in [-0.1, -0.05) is 37.1 Å². The predicted molar refractivity (Wildman–Crippen MR) is 47.9 cm³/mol. The van der Waals surface area contributed by atoms with Crippen LogP contribution in [-0.2, 0) is 0 Å². The van der Waals surface area contributed by atoms with Crippen LogP contribution in [0.2, 0.25) is 0 Å². The Morgan fingerprint density at radius 3 is 2.91 bits per heavy atom. The molecule has 11 heavy (non-hydrogen) atoms. The van der Waals surface area contributed by atoms with E-state index in [1.54, 1.807) is 0 Å². The number of rotatable bonds is 0. The maximum Gasteiger partial charge on any atom is 0.0999 e. The lowest BCUT2D eigenvalue weighted by molar-refractivity contribution is 0.684. The summed E-state index contributed by atoms with van der Waals surface area (Å²) in [6.07, 6.45) is 9.65. The molecule has 1 unspecified atom stereocenters. The monoisotopic (exact) mass is 147 g/mol. The SMILES string of the molecule is CCC#CC1(N)C=CC=CC1. The Balaban J connectivity index is 2.68. The molecule has 0 saturated carbocycles. The van der Waals surface area contributed by atoms with E-state index in [2.05, 4.69) is 11.8 Å². The van der Waals surface area contributed by atoms with E-state index in [9.17, 15) is 0 Å². The third kappa shape index (κ3) is 2.25. The molecule has 1 nitrogen and oxygen atoms in total. The second kappa shape index (κ2) is 3.41. The van der Waals surface area contributed by atoms with Gasteiger partial charge >= 0.3 is 0 Å². The van der Waals surface area contributed by atoms with Gasteiger partial charge in [0.05, 0.1) is 5.54 Å². The summed E-state index contributed by atoms with van der Waals surface area (Å²) in [5, 5.41) is 0. The minimum atomic E-state index is -0.398. The molecule has 0 saturated heterocycles. The molecule has 0 aromatic heterocycles. The standard InChI is InChI=1S/C10H13N/c1-2-3-7-10(11)8-5-4-6-9-10/h4-6,8H,2,9,11H2,1H3. The molecule has 58 valence electrons. The lowest BCUT2D eigenvalue weighted by atomic mass is 9.93. The summed E-state index contributed by atoms with van der Waals surface area (Å²) in [6, 6.07) is 0. The molecule has 1 atom stereocenters. The highest BCUT2D eigenvalue weighted by atomic mass is 14.7. The molecule has 0 aliphatic heterocycles. The molecule has 2 N–H and O–H groups in total. The summed E-state index contributed by atoms with van der Waals surface area (Å²) in [4.78, 5) is 0. The summed E-state index contributed by atoms with van der Waals surface area (Å²) in [6.45, 7) is 2.03. The molecule has 0 spiro atoms. The molecule has 0 radical (unpaired) electrons. The second-order valence-electron chi connectivity index (χ2n) is 2.69. The highest BCUT2D eigenvalue weighted by Gasteiger charge is 2.17. The number of nitrogens with two attached hydrogens (primary N) is 1. The molecule has 1 aliphatic carbocycles. The first-order valence-electron chi connectivity index (χ1n) is 3.90. The fourth-order valence-corrected chi connectivity index (χ4v) is 0.983. The average Bonchev–Trinajstić information content (AvgIpc) is 2.03. The van der Waals surface area contributed by atoms with Crippen LogP contribution in [0.1, 0.15) is 19.8 Å². The first kappa shape index (κ1) is 8.10. The van der Waals surface area contributed by atoms with E-state index in [1.807, 2.05) is 31.2 Å². The summed E-state index contributed by atoms with van der Waals surface area (Å²) in [5.74, 6) is 6.04. The predicted octanol–water partition coefficient (Wildman–Crippen LogP) is 1.61. The molecule has 0 amide bonds. The van der Waals surface area contributed by atoms with Crippen molar-refractivity contribution in [1.82, 2.24) is 0 Å². The van der Waals surface area contributed by atoms with Gasteiger partial charge in [0.15, 0.2) is 0 Å². The van der Waals surface area contributed by atoms with Gasteiger partial charge in [0.1, 0.15) is 0 Å². The Kier molecular flexibility index (Phi) is 2.51. The summed E-state index contributed by atoms with van der Waals surface area (Å²) < 4.78 is 0. The van der Waals surface area contributed by atoms with Crippen molar-refractivity contribution in [3.63, 3.8) is 0 Å². The van der Waals surface area contributed by atoms with Crippen LogP contribution in [0.4, 0.5) is 0 Å². The van der Waals surface area contributed by atoms with Gasteiger partial charge in [-0.2, -0.15) is 0 Å². The largest absolute Gasteiger partial charge is 0.312 e. The Bertz CT molecular complexity index is 239. The highest BCUT2D eigenvalue weighted by molar-refractivity contribution is 5.32. The Hall–Kier alpha value is -1.00. The number of hydrogen-bond donors (Lipinski definition) is 1. The van der Waals surface area contributed by atoms with Crippen LogP contribution in [-0.4, -0.2) is 5.54 Å². The molecule has 0 fully saturated rings. The first-order chi connectivity index (χ1) is 5.27. The molecule has 0 heterocycles. The second-order valence-corrected chi connectivity index (χ2v) is 2.69. The van der Waals surface area contributed by atoms with Gasteiger partial charge in [0, 0.05) is 6.42 Å². The van der Waals surface area contributed by atoms with Gasteiger partial charge in [0.2, 0.25) is 0 Å². The van der Waals surface area contributed by atoms with E-state index in [-0.39, 0.29) is 0 Å². The van der Waals surface area contributed by atoms with Gasteiger partial charge in [-0.25, -0.2) is 0 Å². The Morgan fingerprint density at radius 2 is 2.36 bits per heavy atom. The summed E-state index contributed by atoms with van der Waals surface area (Å²) in [5.41, 5.74) is 5.54. The van der Waals surface area contributed by atoms with Crippen LogP contribution < -0.4 is 5.73 Å². The maximum absolute atomic E-state index is 5.93. The van der Waals surface area contributed by atoms with Crippen LogP contribution in [0.25, 0.3) is 0 Å². The highest BCUT2D eigenvalue weighted by Crippen LogP contribution is 2.12. The van der Waals surface area contributed by atoms with Crippen LogP contribution in [0.15, 0.2) is 24.3 Å². The minimum absolute atomic E-state index is 0.398. The van der Waals surface area contributed by atoms with E-state index in [0.29, 0.717) is 0 Å². The van der Waals surface area contributed by atoms with Crippen molar-refractivity contribution in [2.75, 3.05) is 0 Å². The van der Waals surface area contributed by atoms with Gasteiger partial charge in [-0.3, -0.25) is 0 Å². The Labute approximate surface area is 68.0 Å². The van der Waals surface area contributed by atoms with Gasteiger partial charge in [-0.05, 0) is 6.42 Å². The van der Waals surface area contributed by atoms with Crippen molar-refractivity contribution in [3.05, 3.63) is 24.3 Å². The minimum Gasteiger partial charge on any atom is -0.312 e. The van der Waals surface area contributed by atoms with Crippen molar-refractivity contribution in [3.8, 4) is 11.8 Å². The average molecular weight is 147 g/mol. The zero-order valence-electron chi connectivity index (χ0n) is 6.80. The topological polar surface area (TPSA) is 26.0 Å². The molecule has 1 heteroatoms. The smallest absolute Gasteiger partial charge is 0.0999 e. The quantitative estimate of drug-likeness (QED) is 0.518. The van der Waals surface area contributed by atoms with Crippen molar-refractivity contribution in [1.29, 1.82) is 0 Å². The molecule has 1 aliphatic rings. The van der Waals surface area contributed by atoms with E-state index in [4.69, 9.17) is 5.73 Å². The zero-order chi connectivity index (χ0) is 8.16. The molecule has 0 bridgehead atoms. The van der Waals surface area contributed by atoms with E-state index in [1.165, 1.54) is 0 Å². The normalized spacial score (nSPS) is 27.8. The van der Waals surface area contributed by atoms with Crippen LogP contribution in [0.3, 0.4) is 0 Å². The molecular weight excluding hydrogens is 134 g/mol. The summed E-state index contributed by atoms with van der Waals surface area (Å²) in [7, 11) is 0. The van der Waals surface area contributed by atoms with Crippen LogP contribution in [0, 0.1) is 11.8 Å². The molecular formula is C10H13N. The maximum atomic E-state index is 5.93. The lowest BCUT2D eigenvalue weighted by Gasteiger charge is -2.18. The third-order valence-electron chi connectivity index (χ3n) is 1.59. The van der Waals surface area contributed by atoms with Crippen molar-refractivity contribution >= 4 is 0 Å². The third-order valence-corrected chi connectivity index (χ3v) is 1.59. The fraction of sp³-hybridized carbons (Fsp3) is 0.400. The van der Waals surface area contributed by atoms with Crippen molar-refractivity contribution < 1.29 is 0 Å². The Morgan fingerprint density at radius 1 is 1.55 bits per heavy atom. The van der Waals surface area contributed by atoms with Crippen LogP contribution >= 0.6 is 0 Å². The van der Waals surface area contributed by atoms with Gasteiger partial charge in [0.25, 0.3) is 0 Å². The molecule has 0 aromatic carbocycles. The first-order valence-corrected chi connectivity index (χ1v) is 3.90. The fourth-order valence-electron chi connectivity index (χ4n) is 0.983. The van der Waals surface area contributed by atoms with Crippen molar-refractivity contribution in [2.45, 2.75) is 25.3 Å². The van der Waals surface area contributed by atoms with Gasteiger partial charge in [-0.15, -0.1) is 5.92 Å². The van der Waals surface area contributed by atoms with E-state index in [0.717, 1.165) is 12.8 Å².